The Morgan fingerprint density at radius 2 is 1.72 bits per heavy atom. The fourth-order valence-electron chi connectivity index (χ4n) is 2.51. The van der Waals surface area contributed by atoms with Gasteiger partial charge in [0.25, 0.3) is 5.09 Å². The number of rotatable bonds is 6. The standard InChI is InChI=1S/C18H14Cl4N2O.HNO3/c19-13-1-3-15(16(21)7-13)12(9-24-6-5-23-11-24)10-25-18-4-2-14(20)8-17(18)22;2-1(3)4/h1-8,11-12H,9-10H2;(H,2,3,4). The Bertz CT molecular complexity index is 950. The van der Waals surface area contributed by atoms with Gasteiger partial charge < -0.3 is 14.5 Å². The maximum absolute atomic E-state index is 8.36. The van der Waals surface area contributed by atoms with Gasteiger partial charge in [0.15, 0.2) is 0 Å². The molecule has 1 N–H and O–H groups in total. The minimum Gasteiger partial charge on any atom is -0.491 e. The molecule has 0 spiro atoms. The average Bonchev–Trinajstić information content (AvgIpc) is 3.13. The second kappa shape index (κ2) is 11.1. The van der Waals surface area contributed by atoms with E-state index in [1.165, 1.54) is 0 Å². The van der Waals surface area contributed by atoms with Crippen LogP contribution in [0.25, 0.3) is 0 Å². The van der Waals surface area contributed by atoms with Crippen molar-refractivity contribution in [3.63, 3.8) is 0 Å². The van der Waals surface area contributed by atoms with Crippen molar-refractivity contribution in [2.24, 2.45) is 0 Å². The van der Waals surface area contributed by atoms with E-state index >= 15 is 0 Å². The molecule has 29 heavy (non-hydrogen) atoms. The summed E-state index contributed by atoms with van der Waals surface area (Å²) < 4.78 is 7.90. The van der Waals surface area contributed by atoms with Crippen molar-refractivity contribution in [3.8, 4) is 5.75 Å². The van der Waals surface area contributed by atoms with Gasteiger partial charge in [0, 0.05) is 39.9 Å². The Balaban J connectivity index is 0.000000687. The summed E-state index contributed by atoms with van der Waals surface area (Å²) in [5.41, 5.74) is 0.949. The van der Waals surface area contributed by atoms with Crippen molar-refractivity contribution < 1.29 is 15.0 Å². The van der Waals surface area contributed by atoms with E-state index in [1.54, 1.807) is 36.8 Å². The summed E-state index contributed by atoms with van der Waals surface area (Å²) in [6.45, 7) is 1.05. The summed E-state index contributed by atoms with van der Waals surface area (Å²) >= 11 is 24.5. The summed E-state index contributed by atoms with van der Waals surface area (Å²) in [6, 6.07) is 10.6. The molecule has 0 aliphatic carbocycles. The van der Waals surface area contributed by atoms with Crippen LogP contribution in [0.15, 0.2) is 55.1 Å². The molecular weight excluding hydrogens is 464 g/mol. The van der Waals surface area contributed by atoms with Crippen molar-refractivity contribution in [3.05, 3.63) is 90.9 Å². The van der Waals surface area contributed by atoms with Gasteiger partial charge in [-0.05, 0) is 35.9 Å². The lowest BCUT2D eigenvalue weighted by Gasteiger charge is -2.20. The number of halogens is 4. The Morgan fingerprint density at radius 1 is 1.10 bits per heavy atom. The van der Waals surface area contributed by atoms with Crippen LogP contribution in [0.1, 0.15) is 11.5 Å². The minimum atomic E-state index is -1.50. The van der Waals surface area contributed by atoms with E-state index in [9.17, 15) is 0 Å². The lowest BCUT2D eigenvalue weighted by Crippen LogP contribution is -2.17. The van der Waals surface area contributed by atoms with E-state index in [2.05, 4.69) is 4.98 Å². The SMILES string of the molecule is Clc1ccc(OCC(Cn2ccnc2)c2ccc(Cl)cc2Cl)c(Cl)c1.O=[N+]([O-])O. The zero-order chi connectivity index (χ0) is 21.4. The monoisotopic (exact) mass is 477 g/mol. The molecule has 0 radical (unpaired) electrons. The topological polar surface area (TPSA) is 90.4 Å². The molecule has 3 aromatic rings. The van der Waals surface area contributed by atoms with Gasteiger partial charge >= 0.3 is 0 Å². The van der Waals surface area contributed by atoms with Crippen LogP contribution in [-0.4, -0.2) is 26.5 Å². The van der Waals surface area contributed by atoms with E-state index < -0.39 is 5.09 Å². The predicted molar refractivity (Wildman–Crippen MR) is 112 cm³/mol. The van der Waals surface area contributed by atoms with Gasteiger partial charge in [0.2, 0.25) is 0 Å². The largest absolute Gasteiger partial charge is 0.491 e. The average molecular weight is 479 g/mol. The molecular formula is C18H15Cl4N3O4. The van der Waals surface area contributed by atoms with Gasteiger partial charge in [0.05, 0.1) is 18.0 Å². The molecule has 0 aliphatic rings. The van der Waals surface area contributed by atoms with Gasteiger partial charge in [-0.1, -0.05) is 52.5 Å². The first-order valence-electron chi connectivity index (χ1n) is 8.08. The molecule has 0 amide bonds. The molecule has 1 aromatic heterocycles. The van der Waals surface area contributed by atoms with E-state index in [4.69, 9.17) is 66.5 Å². The van der Waals surface area contributed by atoms with Gasteiger partial charge in [-0.2, -0.15) is 0 Å². The second-order valence-electron chi connectivity index (χ2n) is 5.75. The summed E-state index contributed by atoms with van der Waals surface area (Å²) in [4.78, 5) is 12.4. The minimum absolute atomic E-state index is 0.00860. The summed E-state index contributed by atoms with van der Waals surface area (Å²) in [7, 11) is 0. The van der Waals surface area contributed by atoms with Crippen LogP contribution in [0.5, 0.6) is 5.75 Å². The third-order valence-electron chi connectivity index (χ3n) is 3.73. The molecule has 154 valence electrons. The Kier molecular flexibility index (Phi) is 8.85. The van der Waals surface area contributed by atoms with Crippen molar-refractivity contribution in [2.45, 2.75) is 12.5 Å². The van der Waals surface area contributed by atoms with Crippen LogP contribution in [0.3, 0.4) is 0 Å². The first-order chi connectivity index (χ1) is 13.8. The lowest BCUT2D eigenvalue weighted by molar-refractivity contribution is -0.742. The molecule has 1 heterocycles. The smallest absolute Gasteiger partial charge is 0.291 e. The highest BCUT2D eigenvalue weighted by Gasteiger charge is 2.18. The van der Waals surface area contributed by atoms with Crippen LogP contribution in [0, 0.1) is 10.1 Å². The Labute approximate surface area is 186 Å². The van der Waals surface area contributed by atoms with Gasteiger partial charge in [0.1, 0.15) is 5.75 Å². The molecule has 7 nitrogen and oxygen atoms in total. The van der Waals surface area contributed by atoms with Crippen molar-refractivity contribution in [1.82, 2.24) is 9.55 Å². The Morgan fingerprint density at radius 3 is 2.28 bits per heavy atom. The second-order valence-corrected chi connectivity index (χ2v) is 7.43. The number of imidazole rings is 1. The molecule has 0 saturated heterocycles. The molecule has 0 aliphatic heterocycles. The third-order valence-corrected chi connectivity index (χ3v) is 4.82. The van der Waals surface area contributed by atoms with Crippen LogP contribution in [0.4, 0.5) is 0 Å². The number of hydrogen-bond donors (Lipinski definition) is 1. The van der Waals surface area contributed by atoms with E-state index in [0.717, 1.165) is 5.56 Å². The zero-order valence-corrected chi connectivity index (χ0v) is 17.7. The van der Waals surface area contributed by atoms with Crippen LogP contribution in [-0.2, 0) is 6.54 Å². The number of aromatic nitrogens is 2. The number of nitrogens with zero attached hydrogens (tertiary/aromatic N) is 3. The fourth-order valence-corrected chi connectivity index (χ4v) is 3.53. The first kappa shape index (κ1) is 23.1. The fraction of sp³-hybridized carbons (Fsp3) is 0.167. The van der Waals surface area contributed by atoms with Crippen LogP contribution >= 0.6 is 46.4 Å². The number of benzene rings is 2. The van der Waals surface area contributed by atoms with Crippen molar-refractivity contribution in [1.29, 1.82) is 0 Å². The maximum Gasteiger partial charge on any atom is 0.291 e. The van der Waals surface area contributed by atoms with Crippen molar-refractivity contribution in [2.75, 3.05) is 6.61 Å². The summed E-state index contributed by atoms with van der Waals surface area (Å²) in [6.07, 6.45) is 5.38. The molecule has 0 saturated carbocycles. The van der Waals surface area contributed by atoms with Gasteiger partial charge in [-0.3, -0.25) is 0 Å². The van der Waals surface area contributed by atoms with Gasteiger partial charge in [-0.15, -0.1) is 10.1 Å². The first-order valence-corrected chi connectivity index (χ1v) is 9.59. The molecule has 1 unspecified atom stereocenters. The number of ether oxygens (including phenoxy) is 1. The van der Waals surface area contributed by atoms with Crippen LogP contribution < -0.4 is 4.74 Å². The molecule has 0 fully saturated rings. The third kappa shape index (κ3) is 7.62. The van der Waals surface area contributed by atoms with Gasteiger partial charge in [-0.25, -0.2) is 4.98 Å². The molecule has 2 aromatic carbocycles. The highest BCUT2D eigenvalue weighted by Crippen LogP contribution is 2.32. The molecule has 1 atom stereocenters. The lowest BCUT2D eigenvalue weighted by atomic mass is 9.99. The highest BCUT2D eigenvalue weighted by atomic mass is 35.5. The Hall–Kier alpha value is -2.19. The van der Waals surface area contributed by atoms with E-state index in [0.29, 0.717) is 39.0 Å². The van der Waals surface area contributed by atoms with Crippen molar-refractivity contribution >= 4 is 46.4 Å². The molecule has 0 bridgehead atoms. The highest BCUT2D eigenvalue weighted by molar-refractivity contribution is 6.35. The zero-order valence-electron chi connectivity index (χ0n) is 14.7. The van der Waals surface area contributed by atoms with E-state index in [1.807, 2.05) is 22.9 Å². The maximum atomic E-state index is 8.36. The quantitative estimate of drug-likeness (QED) is 0.346. The molecule has 11 heteroatoms. The summed E-state index contributed by atoms with van der Waals surface area (Å²) in [5.74, 6) is 0.567. The van der Waals surface area contributed by atoms with Crippen LogP contribution in [0.2, 0.25) is 20.1 Å². The normalized spacial score (nSPS) is 11.3. The number of hydrogen-bond acceptors (Lipinski definition) is 4. The predicted octanol–water partition coefficient (Wildman–Crippen LogP) is 6.01. The van der Waals surface area contributed by atoms with E-state index in [-0.39, 0.29) is 5.92 Å². The molecule has 3 rings (SSSR count). The summed E-state index contributed by atoms with van der Waals surface area (Å²) in [5, 5.41) is 15.9.